The molecule has 0 aliphatic heterocycles. The highest BCUT2D eigenvalue weighted by atomic mass is 16.5. The Bertz CT molecular complexity index is 860. The van der Waals surface area contributed by atoms with Crippen molar-refractivity contribution in [1.29, 1.82) is 0 Å². The van der Waals surface area contributed by atoms with Gasteiger partial charge in [-0.25, -0.2) is 9.78 Å². The van der Waals surface area contributed by atoms with Gasteiger partial charge in [-0.15, -0.1) is 0 Å². The van der Waals surface area contributed by atoms with Crippen LogP contribution in [0.3, 0.4) is 0 Å². The van der Waals surface area contributed by atoms with E-state index in [1.165, 1.54) is 0 Å². The van der Waals surface area contributed by atoms with Crippen molar-refractivity contribution in [1.82, 2.24) is 15.0 Å². The van der Waals surface area contributed by atoms with Crippen molar-refractivity contribution >= 4 is 5.97 Å². The first-order chi connectivity index (χ1) is 11.7. The van der Waals surface area contributed by atoms with Crippen LogP contribution in [-0.2, 0) is 4.74 Å². The molecule has 0 bridgehead atoms. The zero-order valence-corrected chi connectivity index (χ0v) is 13.6. The summed E-state index contributed by atoms with van der Waals surface area (Å²) >= 11 is 0. The molecule has 0 saturated carbocycles. The molecule has 0 aliphatic rings. The number of aromatic nitrogens is 3. The highest BCUT2D eigenvalue weighted by Crippen LogP contribution is 2.22. The zero-order chi connectivity index (χ0) is 16.9. The Morgan fingerprint density at radius 3 is 2.29 bits per heavy atom. The summed E-state index contributed by atoms with van der Waals surface area (Å²) in [6, 6.07) is 9.17. The first-order valence-electron chi connectivity index (χ1n) is 7.69. The van der Waals surface area contributed by atoms with E-state index in [9.17, 15) is 4.79 Å². The van der Waals surface area contributed by atoms with Crippen LogP contribution in [0, 0.1) is 6.92 Å². The summed E-state index contributed by atoms with van der Waals surface area (Å²) in [6.07, 6.45) is 6.98. The number of aryl methyl sites for hydroxylation is 1. The second-order valence-corrected chi connectivity index (χ2v) is 5.34. The van der Waals surface area contributed by atoms with Gasteiger partial charge < -0.3 is 4.74 Å². The number of esters is 1. The molecule has 0 aliphatic carbocycles. The summed E-state index contributed by atoms with van der Waals surface area (Å²) in [5.74, 6) is -0.324. The molecule has 2 heterocycles. The lowest BCUT2D eigenvalue weighted by Crippen LogP contribution is -2.04. The van der Waals surface area contributed by atoms with Crippen LogP contribution in [0.4, 0.5) is 0 Å². The average molecular weight is 319 g/mol. The Balaban J connectivity index is 1.90. The van der Waals surface area contributed by atoms with Gasteiger partial charge in [0.1, 0.15) is 0 Å². The van der Waals surface area contributed by atoms with Crippen molar-refractivity contribution in [2.45, 2.75) is 13.8 Å². The number of ether oxygens (including phenoxy) is 1. The first kappa shape index (κ1) is 15.8. The number of benzene rings is 1. The van der Waals surface area contributed by atoms with Crippen LogP contribution in [0.5, 0.6) is 0 Å². The minimum absolute atomic E-state index is 0.324. The number of rotatable bonds is 4. The van der Waals surface area contributed by atoms with Crippen LogP contribution < -0.4 is 0 Å². The molecule has 24 heavy (non-hydrogen) atoms. The fourth-order valence-corrected chi connectivity index (χ4v) is 2.33. The van der Waals surface area contributed by atoms with Crippen LogP contribution in [0.15, 0.2) is 55.1 Å². The van der Waals surface area contributed by atoms with Gasteiger partial charge >= 0.3 is 5.97 Å². The molecule has 3 rings (SSSR count). The molecule has 0 amide bonds. The van der Waals surface area contributed by atoms with Gasteiger partial charge in [0.15, 0.2) is 0 Å². The number of hydrogen-bond acceptors (Lipinski definition) is 5. The Morgan fingerprint density at radius 2 is 1.62 bits per heavy atom. The summed E-state index contributed by atoms with van der Waals surface area (Å²) in [6.45, 7) is 4.13. The van der Waals surface area contributed by atoms with E-state index in [2.05, 4.69) is 15.0 Å². The van der Waals surface area contributed by atoms with Crippen LogP contribution in [0.1, 0.15) is 22.8 Å². The number of carbonyl (C=O) groups is 1. The third kappa shape index (κ3) is 3.46. The summed E-state index contributed by atoms with van der Waals surface area (Å²) in [4.78, 5) is 24.8. The van der Waals surface area contributed by atoms with Crippen LogP contribution >= 0.6 is 0 Å². The molecule has 1 aromatic carbocycles. The lowest BCUT2D eigenvalue weighted by atomic mass is 10.1. The first-order valence-corrected chi connectivity index (χ1v) is 7.69. The van der Waals surface area contributed by atoms with Gasteiger partial charge in [-0.2, -0.15) is 0 Å². The summed E-state index contributed by atoms with van der Waals surface area (Å²) in [5, 5.41) is 0. The molecular formula is C19H17N3O2. The number of nitrogens with zero attached hydrogens (tertiary/aromatic N) is 3. The van der Waals surface area contributed by atoms with Gasteiger partial charge in [0.25, 0.3) is 0 Å². The van der Waals surface area contributed by atoms with Crippen molar-refractivity contribution < 1.29 is 9.53 Å². The largest absolute Gasteiger partial charge is 0.462 e. The molecule has 120 valence electrons. The predicted octanol–water partition coefficient (Wildman–Crippen LogP) is 3.69. The molecule has 2 aromatic heterocycles. The van der Waals surface area contributed by atoms with Gasteiger partial charge in [-0.05, 0) is 37.6 Å². The molecule has 0 unspecified atom stereocenters. The Morgan fingerprint density at radius 1 is 0.958 bits per heavy atom. The maximum Gasteiger partial charge on any atom is 0.338 e. The lowest BCUT2D eigenvalue weighted by molar-refractivity contribution is 0.0526. The summed E-state index contributed by atoms with van der Waals surface area (Å²) in [5.41, 5.74) is 4.90. The molecule has 5 nitrogen and oxygen atoms in total. The lowest BCUT2D eigenvalue weighted by Gasteiger charge is -2.06. The molecule has 0 N–H and O–H groups in total. The summed E-state index contributed by atoms with van der Waals surface area (Å²) < 4.78 is 4.99. The molecule has 3 aromatic rings. The van der Waals surface area contributed by atoms with E-state index in [4.69, 9.17) is 4.74 Å². The second-order valence-electron chi connectivity index (χ2n) is 5.34. The van der Waals surface area contributed by atoms with E-state index >= 15 is 0 Å². The standard InChI is InChI=1S/C19H17N3O2/c1-3-24-19(23)15-6-4-14(5-7-15)17-11-21-12-18(22-17)16-8-13(2)9-20-10-16/h4-12H,3H2,1-2H3. The highest BCUT2D eigenvalue weighted by Gasteiger charge is 2.08. The molecule has 0 atom stereocenters. The van der Waals surface area contributed by atoms with Crippen LogP contribution in [-0.4, -0.2) is 27.5 Å². The maximum atomic E-state index is 11.7. The van der Waals surface area contributed by atoms with E-state index in [0.717, 1.165) is 28.1 Å². The zero-order valence-electron chi connectivity index (χ0n) is 13.6. The SMILES string of the molecule is CCOC(=O)c1ccc(-c2cncc(-c3cncc(C)c3)n2)cc1. The van der Waals surface area contributed by atoms with Crippen LogP contribution in [0.25, 0.3) is 22.5 Å². The van der Waals surface area contributed by atoms with E-state index in [1.807, 2.05) is 25.1 Å². The smallest absolute Gasteiger partial charge is 0.338 e. The molecule has 0 fully saturated rings. The van der Waals surface area contributed by atoms with Gasteiger partial charge in [-0.1, -0.05) is 12.1 Å². The normalized spacial score (nSPS) is 10.4. The van der Waals surface area contributed by atoms with E-state index in [1.54, 1.807) is 43.8 Å². The number of pyridine rings is 1. The maximum absolute atomic E-state index is 11.7. The van der Waals surface area contributed by atoms with Gasteiger partial charge in [-0.3, -0.25) is 9.97 Å². The Hall–Kier alpha value is -3.08. The van der Waals surface area contributed by atoms with E-state index < -0.39 is 0 Å². The van der Waals surface area contributed by atoms with Crippen molar-refractivity contribution in [2.75, 3.05) is 6.61 Å². The van der Waals surface area contributed by atoms with Crippen molar-refractivity contribution in [3.8, 4) is 22.5 Å². The Kier molecular flexibility index (Phi) is 4.61. The third-order valence-electron chi connectivity index (χ3n) is 3.50. The van der Waals surface area contributed by atoms with Crippen molar-refractivity contribution in [2.24, 2.45) is 0 Å². The molecule has 5 heteroatoms. The summed E-state index contributed by atoms with van der Waals surface area (Å²) in [7, 11) is 0. The average Bonchev–Trinajstić information content (AvgIpc) is 2.62. The van der Waals surface area contributed by atoms with Gasteiger partial charge in [0.2, 0.25) is 0 Å². The third-order valence-corrected chi connectivity index (χ3v) is 3.50. The van der Waals surface area contributed by atoms with Crippen molar-refractivity contribution in [3.63, 3.8) is 0 Å². The highest BCUT2D eigenvalue weighted by molar-refractivity contribution is 5.90. The van der Waals surface area contributed by atoms with Crippen LogP contribution in [0.2, 0.25) is 0 Å². The molecule has 0 radical (unpaired) electrons. The number of hydrogen-bond donors (Lipinski definition) is 0. The quantitative estimate of drug-likeness (QED) is 0.686. The fourth-order valence-electron chi connectivity index (χ4n) is 2.33. The van der Waals surface area contributed by atoms with E-state index in [-0.39, 0.29) is 5.97 Å². The minimum Gasteiger partial charge on any atom is -0.462 e. The van der Waals surface area contributed by atoms with E-state index in [0.29, 0.717) is 12.2 Å². The molecule has 0 saturated heterocycles. The topological polar surface area (TPSA) is 65.0 Å². The second kappa shape index (κ2) is 7.00. The Labute approximate surface area is 140 Å². The monoisotopic (exact) mass is 319 g/mol. The number of carbonyl (C=O) groups excluding carboxylic acids is 1. The molecular weight excluding hydrogens is 302 g/mol. The van der Waals surface area contributed by atoms with Gasteiger partial charge in [0, 0.05) is 23.5 Å². The fraction of sp³-hybridized carbons (Fsp3) is 0.158. The van der Waals surface area contributed by atoms with Crippen molar-refractivity contribution in [3.05, 3.63) is 66.2 Å². The minimum atomic E-state index is -0.324. The van der Waals surface area contributed by atoms with Gasteiger partial charge in [0.05, 0.1) is 36.0 Å². The predicted molar refractivity (Wildman–Crippen MR) is 91.4 cm³/mol. The molecule has 0 spiro atoms.